The summed E-state index contributed by atoms with van der Waals surface area (Å²) in [6.07, 6.45) is 33.6. The predicted molar refractivity (Wildman–Crippen MR) is 194 cm³/mol. The molecule has 0 aromatic rings. The molecule has 0 aromatic heterocycles. The molecule has 0 rings (SSSR count). The molecule has 46 heavy (non-hydrogen) atoms. The van der Waals surface area contributed by atoms with Crippen molar-refractivity contribution in [3.05, 3.63) is 36.5 Å². The number of quaternary nitrogens is 1. The number of aliphatic hydroxyl groups excluding tert-OH is 1. The normalized spacial score (nSPS) is 15.2. The van der Waals surface area contributed by atoms with Crippen LogP contribution >= 0.6 is 7.82 Å². The van der Waals surface area contributed by atoms with Gasteiger partial charge in [-0.15, -0.1) is 0 Å². The Kier molecular flexibility index (Phi) is 29.0. The Morgan fingerprint density at radius 3 is 1.78 bits per heavy atom. The monoisotopic (exact) mass is 672 g/mol. The van der Waals surface area contributed by atoms with Gasteiger partial charge in [0.25, 0.3) is 0 Å². The summed E-state index contributed by atoms with van der Waals surface area (Å²) in [5.74, 6) is -0.201. The zero-order valence-electron chi connectivity index (χ0n) is 30.3. The second kappa shape index (κ2) is 29.8. The third kappa shape index (κ3) is 31.3. The molecule has 0 spiro atoms. The van der Waals surface area contributed by atoms with Crippen molar-refractivity contribution in [1.29, 1.82) is 0 Å². The topological polar surface area (TPSA) is 105 Å². The summed E-state index contributed by atoms with van der Waals surface area (Å²) in [7, 11) is 1.54. The Morgan fingerprint density at radius 1 is 0.717 bits per heavy atom. The minimum atomic E-state index is -4.33. The number of likely N-dealkylation sites (N-methyl/N-ethyl adjacent to an activating group) is 1. The lowest BCUT2D eigenvalue weighted by Crippen LogP contribution is -2.45. The molecule has 3 N–H and O–H groups in total. The van der Waals surface area contributed by atoms with Crippen molar-refractivity contribution in [2.75, 3.05) is 40.9 Å². The Hall–Kier alpha value is -1.28. The van der Waals surface area contributed by atoms with Gasteiger partial charge in [0.1, 0.15) is 13.2 Å². The highest BCUT2D eigenvalue weighted by molar-refractivity contribution is 7.47. The highest BCUT2D eigenvalue weighted by Gasteiger charge is 2.27. The number of allylic oxidation sites excluding steroid dienone is 5. The number of carbonyl (C=O) groups is 1. The molecule has 3 atom stereocenters. The molecule has 270 valence electrons. The van der Waals surface area contributed by atoms with E-state index in [9.17, 15) is 19.4 Å². The smallest absolute Gasteiger partial charge is 0.387 e. The highest BCUT2D eigenvalue weighted by atomic mass is 31.2. The largest absolute Gasteiger partial charge is 0.472 e. The van der Waals surface area contributed by atoms with Crippen LogP contribution < -0.4 is 5.32 Å². The van der Waals surface area contributed by atoms with Gasteiger partial charge in [-0.05, 0) is 57.8 Å². The zero-order chi connectivity index (χ0) is 34.4. The predicted octanol–water partition coefficient (Wildman–Crippen LogP) is 9.18. The molecular weight excluding hydrogens is 599 g/mol. The first kappa shape index (κ1) is 44.7. The molecule has 0 heterocycles. The molecule has 0 aliphatic carbocycles. The first-order valence-corrected chi connectivity index (χ1v) is 19.9. The van der Waals surface area contributed by atoms with E-state index in [0.717, 1.165) is 51.4 Å². The van der Waals surface area contributed by atoms with Crippen molar-refractivity contribution in [2.45, 2.75) is 154 Å². The van der Waals surface area contributed by atoms with Gasteiger partial charge in [0.2, 0.25) is 5.91 Å². The third-order valence-corrected chi connectivity index (χ3v) is 8.82. The zero-order valence-corrected chi connectivity index (χ0v) is 31.2. The molecule has 0 radical (unpaired) electrons. The van der Waals surface area contributed by atoms with Gasteiger partial charge in [-0.25, -0.2) is 4.57 Å². The first-order valence-electron chi connectivity index (χ1n) is 18.4. The summed E-state index contributed by atoms with van der Waals surface area (Å²) in [5, 5.41) is 13.6. The van der Waals surface area contributed by atoms with E-state index in [1.165, 1.54) is 70.6 Å². The van der Waals surface area contributed by atoms with Crippen molar-refractivity contribution in [3.63, 3.8) is 0 Å². The van der Waals surface area contributed by atoms with Crippen molar-refractivity contribution in [3.8, 4) is 0 Å². The number of amides is 1. The minimum absolute atomic E-state index is 0.0538. The molecule has 0 saturated carbocycles. The van der Waals surface area contributed by atoms with Gasteiger partial charge in [0.15, 0.2) is 0 Å². The van der Waals surface area contributed by atoms with Crippen LogP contribution in [-0.2, 0) is 18.4 Å². The maximum absolute atomic E-state index is 12.7. The summed E-state index contributed by atoms with van der Waals surface area (Å²) < 4.78 is 23.3. The van der Waals surface area contributed by atoms with Crippen LogP contribution in [0.4, 0.5) is 0 Å². The minimum Gasteiger partial charge on any atom is -0.387 e. The van der Waals surface area contributed by atoms with Crippen molar-refractivity contribution in [1.82, 2.24) is 5.32 Å². The van der Waals surface area contributed by atoms with Crippen LogP contribution in [0, 0.1) is 0 Å². The number of unbranched alkanes of at least 4 members (excludes halogenated alkanes) is 15. The van der Waals surface area contributed by atoms with Crippen LogP contribution in [0.5, 0.6) is 0 Å². The van der Waals surface area contributed by atoms with Crippen LogP contribution in [0.1, 0.15) is 142 Å². The molecule has 0 aliphatic rings. The van der Waals surface area contributed by atoms with Crippen molar-refractivity contribution < 1.29 is 32.9 Å². The quantitative estimate of drug-likeness (QED) is 0.0285. The number of phosphoric acid groups is 1. The average Bonchev–Trinajstić information content (AvgIpc) is 2.99. The lowest BCUT2D eigenvalue weighted by atomic mass is 10.1. The fraction of sp³-hybridized carbons (Fsp3) is 0.811. The summed E-state index contributed by atoms with van der Waals surface area (Å²) in [6, 6.07) is -0.862. The number of hydrogen-bond donors (Lipinski definition) is 3. The maximum atomic E-state index is 12.7. The van der Waals surface area contributed by atoms with Gasteiger partial charge >= 0.3 is 7.82 Å². The van der Waals surface area contributed by atoms with E-state index in [0.29, 0.717) is 17.4 Å². The summed E-state index contributed by atoms with van der Waals surface area (Å²) in [5.41, 5.74) is 0. The lowest BCUT2D eigenvalue weighted by Gasteiger charge is -2.25. The molecule has 9 heteroatoms. The second-order valence-corrected chi connectivity index (χ2v) is 15.0. The Bertz CT molecular complexity index is 855. The van der Waals surface area contributed by atoms with Gasteiger partial charge in [-0.1, -0.05) is 115 Å². The number of aliphatic hydroxyl groups is 1. The van der Waals surface area contributed by atoms with Crippen LogP contribution in [0.15, 0.2) is 36.5 Å². The van der Waals surface area contributed by atoms with E-state index in [1.807, 2.05) is 27.2 Å². The van der Waals surface area contributed by atoms with Gasteiger partial charge in [0, 0.05) is 6.42 Å². The summed E-state index contributed by atoms with van der Waals surface area (Å²) >= 11 is 0. The van der Waals surface area contributed by atoms with E-state index in [-0.39, 0.29) is 19.1 Å². The number of phosphoric ester groups is 1. The second-order valence-electron chi connectivity index (χ2n) is 13.6. The van der Waals surface area contributed by atoms with E-state index in [1.54, 1.807) is 6.08 Å². The van der Waals surface area contributed by atoms with Crippen LogP contribution in [0.25, 0.3) is 0 Å². The third-order valence-electron chi connectivity index (χ3n) is 7.83. The molecule has 0 fully saturated rings. The molecule has 0 aliphatic heterocycles. The number of nitrogens with zero attached hydrogens (tertiary/aromatic N) is 1. The number of rotatable bonds is 32. The molecule has 0 saturated heterocycles. The Labute approximate surface area is 283 Å². The van der Waals surface area contributed by atoms with Crippen molar-refractivity contribution in [2.24, 2.45) is 0 Å². The van der Waals surface area contributed by atoms with Gasteiger partial charge < -0.3 is 19.8 Å². The van der Waals surface area contributed by atoms with E-state index >= 15 is 0 Å². The lowest BCUT2D eigenvalue weighted by molar-refractivity contribution is -0.870. The van der Waals surface area contributed by atoms with Gasteiger partial charge in [0.05, 0.1) is 39.9 Å². The molecule has 8 nitrogen and oxygen atoms in total. The number of hydrogen-bond acceptors (Lipinski definition) is 5. The molecule has 0 bridgehead atoms. The molecule has 1 amide bonds. The Balaban J connectivity index is 4.55. The average molecular weight is 672 g/mol. The van der Waals surface area contributed by atoms with E-state index in [2.05, 4.69) is 43.5 Å². The molecule has 0 aromatic carbocycles. The van der Waals surface area contributed by atoms with Crippen LogP contribution in [0.2, 0.25) is 0 Å². The van der Waals surface area contributed by atoms with Crippen LogP contribution in [0.3, 0.4) is 0 Å². The summed E-state index contributed by atoms with van der Waals surface area (Å²) in [6.45, 7) is 4.69. The fourth-order valence-corrected chi connectivity index (χ4v) is 5.55. The number of nitrogens with one attached hydrogen (secondary N) is 1. The SMILES string of the molecule is CCCCC/C=C/CC/C=C/[C@@H](O)[C@H](COP(=O)(O)OCC[N+](C)(C)C)NC(=O)CCCCCCC/C=C/CCCCCCCC. The highest BCUT2D eigenvalue weighted by Crippen LogP contribution is 2.43. The van der Waals surface area contributed by atoms with Crippen molar-refractivity contribution >= 4 is 13.7 Å². The van der Waals surface area contributed by atoms with E-state index < -0.39 is 20.0 Å². The molecular formula is C37H72N2O6P+. The molecule has 1 unspecified atom stereocenters. The fourth-order valence-electron chi connectivity index (χ4n) is 4.81. The first-order chi connectivity index (χ1) is 22.0. The standard InChI is InChI=1S/C37H71N2O6P/c1-6-8-10-12-14-16-17-18-19-20-21-23-25-27-29-31-37(41)38-35(34-45-46(42,43)44-33-32-39(3,4)5)36(40)30-28-26-24-22-15-13-11-9-7-2/h15,18-19,22,28,30,35-36,40H,6-14,16-17,20-21,23-27,29,31-34H2,1-5H3,(H-,38,41,42,43)/p+1/b19-18+,22-15+,30-28+/t35-,36+/m0/s1. The number of carbonyl (C=O) groups excluding carboxylic acids is 1. The van der Waals surface area contributed by atoms with Gasteiger partial charge in [-0.2, -0.15) is 0 Å². The van der Waals surface area contributed by atoms with E-state index in [4.69, 9.17) is 9.05 Å². The summed E-state index contributed by atoms with van der Waals surface area (Å²) in [4.78, 5) is 22.9. The van der Waals surface area contributed by atoms with Crippen LogP contribution in [-0.4, -0.2) is 73.4 Å². The Morgan fingerprint density at radius 2 is 1.20 bits per heavy atom. The maximum Gasteiger partial charge on any atom is 0.472 e. The van der Waals surface area contributed by atoms with Gasteiger partial charge in [-0.3, -0.25) is 13.8 Å².